The van der Waals surface area contributed by atoms with Gasteiger partial charge in [-0.15, -0.1) is 0 Å². The van der Waals surface area contributed by atoms with Gasteiger partial charge in [0.2, 0.25) is 0 Å². The molecule has 1 saturated heterocycles. The molecule has 1 fully saturated rings. The Morgan fingerprint density at radius 1 is 1.35 bits per heavy atom. The molecule has 0 saturated carbocycles. The first-order valence-corrected chi connectivity index (χ1v) is 7.08. The van der Waals surface area contributed by atoms with E-state index in [4.69, 9.17) is 9.47 Å². The fourth-order valence-corrected chi connectivity index (χ4v) is 2.62. The fraction of sp³-hybridized carbons (Fsp3) is 0.857. The van der Waals surface area contributed by atoms with Gasteiger partial charge in [0.15, 0.2) is 0 Å². The molecule has 0 aromatic carbocycles. The molecule has 0 aromatic rings. The molecule has 1 N–H and O–H groups in total. The predicted molar refractivity (Wildman–Crippen MR) is 68.9 cm³/mol. The van der Waals surface area contributed by atoms with Gasteiger partial charge in [-0.2, -0.15) is 0 Å². The average molecular weight is 239 g/mol. The summed E-state index contributed by atoms with van der Waals surface area (Å²) in [5, 5.41) is 3.53. The molecule has 0 bridgehead atoms. The largest absolute Gasteiger partial charge is 0.497 e. The van der Waals surface area contributed by atoms with Crippen LogP contribution >= 0.6 is 0 Å². The number of likely N-dealkylation sites (N-methyl/N-ethyl adjacent to an activating group) is 1. The van der Waals surface area contributed by atoms with Crippen LogP contribution in [0.4, 0.5) is 0 Å². The summed E-state index contributed by atoms with van der Waals surface area (Å²) in [6.45, 7) is 4.94. The number of hydrogen-bond acceptors (Lipinski definition) is 3. The highest BCUT2D eigenvalue weighted by atomic mass is 16.5. The monoisotopic (exact) mass is 239 g/mol. The van der Waals surface area contributed by atoms with Crippen molar-refractivity contribution >= 4 is 0 Å². The van der Waals surface area contributed by atoms with Gasteiger partial charge in [0.1, 0.15) is 5.76 Å². The molecule has 0 radical (unpaired) electrons. The summed E-state index contributed by atoms with van der Waals surface area (Å²) in [5.74, 6) is 1.15. The van der Waals surface area contributed by atoms with Crippen LogP contribution in [0.15, 0.2) is 11.8 Å². The Labute approximate surface area is 105 Å². The standard InChI is InChI=1S/C14H25NO2/c1-2-15-13(14-8-4-6-10-17-14)11-12-7-3-5-9-16-12/h8,12-13,15H,2-7,9-11H2,1H3. The lowest BCUT2D eigenvalue weighted by Crippen LogP contribution is -2.37. The zero-order valence-electron chi connectivity index (χ0n) is 10.9. The summed E-state index contributed by atoms with van der Waals surface area (Å²) in [6.07, 6.45) is 9.77. The normalized spacial score (nSPS) is 27.1. The maximum atomic E-state index is 5.82. The SMILES string of the molecule is CCNC(CC1CCCCO1)C1=CCCCO1. The quantitative estimate of drug-likeness (QED) is 0.800. The number of ether oxygens (including phenoxy) is 2. The van der Waals surface area contributed by atoms with Gasteiger partial charge in [0, 0.05) is 6.61 Å². The molecule has 2 unspecified atom stereocenters. The van der Waals surface area contributed by atoms with Crippen LogP contribution in [-0.2, 0) is 9.47 Å². The summed E-state index contributed by atoms with van der Waals surface area (Å²) in [7, 11) is 0. The second-order valence-electron chi connectivity index (χ2n) is 4.93. The van der Waals surface area contributed by atoms with E-state index < -0.39 is 0 Å². The molecule has 98 valence electrons. The van der Waals surface area contributed by atoms with Gasteiger partial charge in [0.05, 0.1) is 18.8 Å². The molecule has 3 heteroatoms. The van der Waals surface area contributed by atoms with Crippen molar-refractivity contribution in [2.75, 3.05) is 19.8 Å². The number of hydrogen-bond donors (Lipinski definition) is 1. The summed E-state index contributed by atoms with van der Waals surface area (Å²) >= 11 is 0. The third-order valence-corrected chi connectivity index (χ3v) is 3.53. The minimum absolute atomic E-state index is 0.350. The van der Waals surface area contributed by atoms with Crippen LogP contribution in [0.1, 0.15) is 45.4 Å². The molecule has 0 aromatic heterocycles. The van der Waals surface area contributed by atoms with Gasteiger partial charge < -0.3 is 14.8 Å². The molecule has 0 spiro atoms. The van der Waals surface area contributed by atoms with Crippen LogP contribution in [0.2, 0.25) is 0 Å². The summed E-state index contributed by atoms with van der Waals surface area (Å²) in [5.41, 5.74) is 0. The molecule has 3 nitrogen and oxygen atoms in total. The molecule has 2 atom stereocenters. The van der Waals surface area contributed by atoms with E-state index in [1.54, 1.807) is 0 Å². The van der Waals surface area contributed by atoms with E-state index in [9.17, 15) is 0 Å². The van der Waals surface area contributed by atoms with Crippen molar-refractivity contribution in [2.45, 2.75) is 57.6 Å². The van der Waals surface area contributed by atoms with Crippen molar-refractivity contribution in [3.63, 3.8) is 0 Å². The van der Waals surface area contributed by atoms with Crippen LogP contribution in [-0.4, -0.2) is 31.9 Å². The molecule has 2 rings (SSSR count). The molecule has 2 heterocycles. The van der Waals surface area contributed by atoms with E-state index in [1.807, 2.05) is 0 Å². The molecular weight excluding hydrogens is 214 g/mol. The Bertz CT molecular complexity index is 247. The summed E-state index contributed by atoms with van der Waals surface area (Å²) < 4.78 is 11.6. The third-order valence-electron chi connectivity index (χ3n) is 3.53. The van der Waals surface area contributed by atoms with Gasteiger partial charge in [-0.3, -0.25) is 0 Å². The zero-order valence-corrected chi connectivity index (χ0v) is 10.9. The van der Waals surface area contributed by atoms with Gasteiger partial charge >= 0.3 is 0 Å². The predicted octanol–water partition coefficient (Wildman–Crippen LogP) is 2.62. The Morgan fingerprint density at radius 3 is 2.94 bits per heavy atom. The molecule has 2 aliphatic heterocycles. The van der Waals surface area contributed by atoms with Crippen LogP contribution in [0.25, 0.3) is 0 Å². The summed E-state index contributed by atoms with van der Waals surface area (Å²) in [4.78, 5) is 0. The van der Waals surface area contributed by atoms with E-state index >= 15 is 0 Å². The van der Waals surface area contributed by atoms with Crippen molar-refractivity contribution in [3.05, 3.63) is 11.8 Å². The Kier molecular flexibility index (Phi) is 5.33. The van der Waals surface area contributed by atoms with Crippen molar-refractivity contribution in [1.29, 1.82) is 0 Å². The van der Waals surface area contributed by atoms with Crippen molar-refractivity contribution in [1.82, 2.24) is 5.32 Å². The number of rotatable bonds is 5. The minimum atomic E-state index is 0.350. The smallest absolute Gasteiger partial charge is 0.109 e. The second kappa shape index (κ2) is 7.02. The maximum Gasteiger partial charge on any atom is 0.109 e. The second-order valence-corrected chi connectivity index (χ2v) is 4.93. The summed E-state index contributed by atoms with van der Waals surface area (Å²) in [6, 6.07) is 0.350. The first-order valence-electron chi connectivity index (χ1n) is 7.08. The first-order chi connectivity index (χ1) is 8.40. The lowest BCUT2D eigenvalue weighted by molar-refractivity contribution is 0.00301. The Morgan fingerprint density at radius 2 is 2.29 bits per heavy atom. The van der Waals surface area contributed by atoms with Crippen molar-refractivity contribution < 1.29 is 9.47 Å². The van der Waals surface area contributed by atoms with E-state index in [1.165, 1.54) is 19.3 Å². The van der Waals surface area contributed by atoms with Crippen molar-refractivity contribution in [2.24, 2.45) is 0 Å². The van der Waals surface area contributed by atoms with Crippen LogP contribution < -0.4 is 5.32 Å². The average Bonchev–Trinajstić information content (AvgIpc) is 2.40. The Balaban J connectivity index is 1.88. The molecule has 17 heavy (non-hydrogen) atoms. The van der Waals surface area contributed by atoms with E-state index in [-0.39, 0.29) is 0 Å². The van der Waals surface area contributed by atoms with Crippen LogP contribution in [0.3, 0.4) is 0 Å². The molecule has 0 amide bonds. The Hall–Kier alpha value is -0.540. The highest BCUT2D eigenvalue weighted by Gasteiger charge is 2.23. The number of allylic oxidation sites excluding steroid dienone is 1. The zero-order chi connectivity index (χ0) is 11.9. The lowest BCUT2D eigenvalue weighted by Gasteiger charge is -2.30. The van der Waals surface area contributed by atoms with E-state index in [0.29, 0.717) is 12.1 Å². The minimum Gasteiger partial charge on any atom is -0.497 e. The van der Waals surface area contributed by atoms with Crippen molar-refractivity contribution in [3.8, 4) is 0 Å². The molecule has 0 aliphatic carbocycles. The first kappa shape index (κ1) is 12.9. The van der Waals surface area contributed by atoms with E-state index in [2.05, 4.69) is 18.3 Å². The van der Waals surface area contributed by atoms with Crippen LogP contribution in [0.5, 0.6) is 0 Å². The van der Waals surface area contributed by atoms with Gasteiger partial charge in [-0.25, -0.2) is 0 Å². The molecular formula is C14H25NO2. The fourth-order valence-electron chi connectivity index (χ4n) is 2.62. The highest BCUT2D eigenvalue weighted by Crippen LogP contribution is 2.22. The maximum absolute atomic E-state index is 5.82. The molecule has 2 aliphatic rings. The van der Waals surface area contributed by atoms with Gasteiger partial charge in [-0.05, 0) is 51.1 Å². The highest BCUT2D eigenvalue weighted by molar-refractivity contribution is 5.06. The van der Waals surface area contributed by atoms with Gasteiger partial charge in [0.25, 0.3) is 0 Å². The number of nitrogens with one attached hydrogen (secondary N) is 1. The third kappa shape index (κ3) is 4.00. The lowest BCUT2D eigenvalue weighted by atomic mass is 9.99. The van der Waals surface area contributed by atoms with E-state index in [0.717, 1.165) is 44.8 Å². The van der Waals surface area contributed by atoms with Gasteiger partial charge in [-0.1, -0.05) is 6.92 Å². The van der Waals surface area contributed by atoms with Crippen LogP contribution in [0, 0.1) is 0 Å². The topological polar surface area (TPSA) is 30.5 Å².